The van der Waals surface area contributed by atoms with Crippen molar-refractivity contribution >= 4 is 23.1 Å². The third kappa shape index (κ3) is 2.68. The zero-order valence-corrected chi connectivity index (χ0v) is 10.3. The van der Waals surface area contributed by atoms with Crippen LogP contribution in [0.1, 0.15) is 10.7 Å². The fourth-order valence-corrected chi connectivity index (χ4v) is 2.04. The summed E-state index contributed by atoms with van der Waals surface area (Å²) in [5, 5.41) is 2.92. The molecule has 0 aliphatic rings. The highest BCUT2D eigenvalue weighted by atomic mass is 32.1. The van der Waals surface area contributed by atoms with Crippen molar-refractivity contribution in [1.82, 2.24) is 15.0 Å². The molecule has 90 valence electrons. The van der Waals surface area contributed by atoms with Crippen LogP contribution in [0.3, 0.4) is 0 Å². The summed E-state index contributed by atoms with van der Waals surface area (Å²) in [6, 6.07) is 0. The van der Waals surface area contributed by atoms with Crippen LogP contribution in [0, 0.1) is 12.7 Å². The van der Waals surface area contributed by atoms with Crippen molar-refractivity contribution in [3.8, 4) is 0 Å². The Hall–Kier alpha value is -1.76. The molecule has 0 spiro atoms. The highest BCUT2D eigenvalue weighted by Crippen LogP contribution is 2.18. The lowest BCUT2D eigenvalue weighted by molar-refractivity contribution is 0.607. The average Bonchev–Trinajstić information content (AvgIpc) is 2.67. The van der Waals surface area contributed by atoms with E-state index in [1.54, 1.807) is 23.3 Å². The zero-order valence-electron chi connectivity index (χ0n) is 9.51. The first kappa shape index (κ1) is 11.7. The van der Waals surface area contributed by atoms with Gasteiger partial charge >= 0.3 is 0 Å². The molecule has 2 aromatic rings. The van der Waals surface area contributed by atoms with Gasteiger partial charge < -0.3 is 10.6 Å². The molecule has 2 N–H and O–H groups in total. The Morgan fingerprint density at radius 3 is 2.88 bits per heavy atom. The average molecular weight is 253 g/mol. The van der Waals surface area contributed by atoms with Gasteiger partial charge in [-0.05, 0) is 6.92 Å². The van der Waals surface area contributed by atoms with Crippen LogP contribution in [0.4, 0.5) is 16.2 Å². The molecule has 0 amide bonds. The number of nitrogens with zero attached hydrogens (tertiary/aromatic N) is 4. The van der Waals surface area contributed by atoms with E-state index in [4.69, 9.17) is 5.73 Å². The quantitative estimate of drug-likeness (QED) is 0.899. The fourth-order valence-electron chi connectivity index (χ4n) is 1.44. The minimum Gasteiger partial charge on any atom is -0.368 e. The Morgan fingerprint density at radius 1 is 1.47 bits per heavy atom. The smallest absolute Gasteiger partial charge is 0.222 e. The van der Waals surface area contributed by atoms with Crippen LogP contribution in [0.2, 0.25) is 0 Å². The zero-order chi connectivity index (χ0) is 12.4. The Labute approximate surface area is 102 Å². The summed E-state index contributed by atoms with van der Waals surface area (Å²) in [4.78, 5) is 13.4. The van der Waals surface area contributed by atoms with Gasteiger partial charge in [-0.3, -0.25) is 0 Å². The normalized spacial score (nSPS) is 10.5. The molecular weight excluding hydrogens is 241 g/mol. The SMILES string of the molecule is Cc1nc(CN(C)c2nc(N)ncc2F)cs1. The molecule has 7 heteroatoms. The molecule has 2 heterocycles. The molecule has 0 aliphatic carbocycles. The second-order valence-electron chi connectivity index (χ2n) is 3.61. The van der Waals surface area contributed by atoms with Gasteiger partial charge in [0.1, 0.15) is 0 Å². The second kappa shape index (κ2) is 4.62. The molecule has 2 aromatic heterocycles. The van der Waals surface area contributed by atoms with E-state index < -0.39 is 5.82 Å². The van der Waals surface area contributed by atoms with Gasteiger partial charge in [0.05, 0.1) is 23.4 Å². The van der Waals surface area contributed by atoms with Crippen LogP contribution in [0.15, 0.2) is 11.6 Å². The monoisotopic (exact) mass is 253 g/mol. The van der Waals surface area contributed by atoms with E-state index in [2.05, 4.69) is 15.0 Å². The summed E-state index contributed by atoms with van der Waals surface area (Å²) >= 11 is 1.56. The molecule has 0 saturated carbocycles. The first-order valence-corrected chi connectivity index (χ1v) is 5.84. The van der Waals surface area contributed by atoms with Crippen molar-refractivity contribution in [3.05, 3.63) is 28.1 Å². The second-order valence-corrected chi connectivity index (χ2v) is 4.68. The Bertz CT molecular complexity index is 527. The lowest BCUT2D eigenvalue weighted by Crippen LogP contribution is -2.20. The number of nitrogens with two attached hydrogens (primary N) is 1. The number of hydrogen-bond donors (Lipinski definition) is 1. The summed E-state index contributed by atoms with van der Waals surface area (Å²) in [5.41, 5.74) is 6.31. The van der Waals surface area contributed by atoms with Gasteiger partial charge in [-0.1, -0.05) is 0 Å². The number of aromatic nitrogens is 3. The van der Waals surface area contributed by atoms with Crippen LogP contribution in [-0.2, 0) is 6.54 Å². The van der Waals surface area contributed by atoms with E-state index in [1.165, 1.54) is 0 Å². The molecule has 0 bridgehead atoms. The third-order valence-corrected chi connectivity index (χ3v) is 2.99. The molecule has 0 atom stereocenters. The van der Waals surface area contributed by atoms with Gasteiger partial charge in [0.15, 0.2) is 11.6 Å². The highest BCUT2D eigenvalue weighted by molar-refractivity contribution is 7.09. The number of rotatable bonds is 3. The van der Waals surface area contributed by atoms with Crippen LogP contribution in [0.5, 0.6) is 0 Å². The number of hydrogen-bond acceptors (Lipinski definition) is 6. The molecule has 0 unspecified atom stereocenters. The van der Waals surface area contributed by atoms with Crippen molar-refractivity contribution in [1.29, 1.82) is 0 Å². The highest BCUT2D eigenvalue weighted by Gasteiger charge is 2.12. The maximum absolute atomic E-state index is 13.5. The van der Waals surface area contributed by atoms with E-state index in [-0.39, 0.29) is 11.8 Å². The lowest BCUT2D eigenvalue weighted by Gasteiger charge is -2.17. The Balaban J connectivity index is 2.19. The van der Waals surface area contributed by atoms with Crippen molar-refractivity contribution in [2.45, 2.75) is 13.5 Å². The first-order valence-electron chi connectivity index (χ1n) is 4.96. The number of thiazole rings is 1. The van der Waals surface area contributed by atoms with Crippen LogP contribution in [0.25, 0.3) is 0 Å². The standard InChI is InChI=1S/C10H12FN5S/c1-6-14-7(5-17-6)4-16(2)9-8(11)3-13-10(12)15-9/h3,5H,4H2,1-2H3,(H2,12,13,15). The first-order chi connectivity index (χ1) is 8.06. The number of halogens is 1. The van der Waals surface area contributed by atoms with Gasteiger partial charge in [-0.15, -0.1) is 11.3 Å². The number of aryl methyl sites for hydroxylation is 1. The maximum atomic E-state index is 13.5. The molecule has 0 fully saturated rings. The minimum absolute atomic E-state index is 0.0581. The molecule has 0 aromatic carbocycles. The van der Waals surface area contributed by atoms with E-state index >= 15 is 0 Å². The molecular formula is C10H12FN5S. The maximum Gasteiger partial charge on any atom is 0.222 e. The molecule has 0 radical (unpaired) electrons. The van der Waals surface area contributed by atoms with Crippen molar-refractivity contribution in [3.63, 3.8) is 0 Å². The lowest BCUT2D eigenvalue weighted by atomic mass is 10.4. The van der Waals surface area contributed by atoms with Crippen molar-refractivity contribution in [2.24, 2.45) is 0 Å². The fraction of sp³-hybridized carbons (Fsp3) is 0.300. The van der Waals surface area contributed by atoms with Crippen LogP contribution >= 0.6 is 11.3 Å². The van der Waals surface area contributed by atoms with Crippen molar-refractivity contribution in [2.75, 3.05) is 17.7 Å². The molecule has 2 rings (SSSR count). The van der Waals surface area contributed by atoms with Gasteiger partial charge in [0.25, 0.3) is 0 Å². The van der Waals surface area contributed by atoms with Crippen LogP contribution in [-0.4, -0.2) is 22.0 Å². The van der Waals surface area contributed by atoms with E-state index in [9.17, 15) is 4.39 Å². The van der Waals surface area contributed by atoms with Gasteiger partial charge in [-0.25, -0.2) is 14.4 Å². The molecule has 0 saturated heterocycles. The summed E-state index contributed by atoms with van der Waals surface area (Å²) in [6.07, 6.45) is 1.07. The van der Waals surface area contributed by atoms with E-state index in [1.807, 2.05) is 12.3 Å². The van der Waals surface area contributed by atoms with Gasteiger partial charge in [0.2, 0.25) is 5.95 Å². The molecule has 0 aliphatic heterocycles. The molecule has 17 heavy (non-hydrogen) atoms. The summed E-state index contributed by atoms with van der Waals surface area (Å²) in [5.74, 6) is -0.250. The summed E-state index contributed by atoms with van der Waals surface area (Å²) in [7, 11) is 1.74. The van der Waals surface area contributed by atoms with Gasteiger partial charge in [-0.2, -0.15) is 4.98 Å². The van der Waals surface area contributed by atoms with Gasteiger partial charge in [0, 0.05) is 12.4 Å². The largest absolute Gasteiger partial charge is 0.368 e. The Morgan fingerprint density at radius 2 is 2.24 bits per heavy atom. The predicted octanol–water partition coefficient (Wildman–Crippen LogP) is 1.60. The van der Waals surface area contributed by atoms with E-state index in [0.717, 1.165) is 16.9 Å². The van der Waals surface area contributed by atoms with E-state index in [0.29, 0.717) is 6.54 Å². The minimum atomic E-state index is -0.492. The number of anilines is 2. The van der Waals surface area contributed by atoms with Crippen LogP contribution < -0.4 is 10.6 Å². The predicted molar refractivity (Wildman–Crippen MR) is 65.4 cm³/mol. The summed E-state index contributed by atoms with van der Waals surface area (Å²) in [6.45, 7) is 2.41. The molecule has 5 nitrogen and oxygen atoms in total. The third-order valence-electron chi connectivity index (χ3n) is 2.17. The number of nitrogen functional groups attached to an aromatic ring is 1. The summed E-state index contributed by atoms with van der Waals surface area (Å²) < 4.78 is 13.5. The van der Waals surface area contributed by atoms with Crippen molar-refractivity contribution < 1.29 is 4.39 Å². The topological polar surface area (TPSA) is 67.9 Å². The Kier molecular flexibility index (Phi) is 3.19.